The quantitative estimate of drug-likeness (QED) is 0.751. The Balaban J connectivity index is 2.51. The molecule has 20 heavy (non-hydrogen) atoms. The normalized spacial score (nSPS) is 22.3. The summed E-state index contributed by atoms with van der Waals surface area (Å²) in [5.74, 6) is 1.88. The predicted octanol–water partition coefficient (Wildman–Crippen LogP) is 4.63. The van der Waals surface area contributed by atoms with Gasteiger partial charge in [0.15, 0.2) is 0 Å². The molecule has 0 N–H and O–H groups in total. The van der Waals surface area contributed by atoms with E-state index in [0.29, 0.717) is 11.8 Å². The molecule has 0 aromatic heterocycles. The maximum Gasteiger partial charge on any atom is 0.142 e. The number of para-hydroxylation sites is 1. The molecule has 0 aliphatic carbocycles. The standard InChI is InChI=1S/C16H23Cl2NO/c1-11-8-16(2,3)19(10-12(18)9-17)15-13(11)6-5-7-14(15)20-4/h5-7,11-12H,8-10H2,1-4H3. The van der Waals surface area contributed by atoms with Crippen LogP contribution in [0, 0.1) is 0 Å². The lowest BCUT2D eigenvalue weighted by atomic mass is 9.79. The third-order valence-corrected chi connectivity index (χ3v) is 4.96. The van der Waals surface area contributed by atoms with Gasteiger partial charge in [0.05, 0.1) is 18.2 Å². The third kappa shape index (κ3) is 2.87. The van der Waals surface area contributed by atoms with Crippen LogP contribution in [0.4, 0.5) is 5.69 Å². The van der Waals surface area contributed by atoms with E-state index in [0.717, 1.165) is 18.7 Å². The monoisotopic (exact) mass is 315 g/mol. The molecule has 0 saturated carbocycles. The maximum absolute atomic E-state index is 6.31. The Labute approximate surface area is 132 Å². The zero-order chi connectivity index (χ0) is 14.9. The number of nitrogens with zero attached hydrogens (tertiary/aromatic N) is 1. The molecule has 1 aliphatic heterocycles. The van der Waals surface area contributed by atoms with E-state index >= 15 is 0 Å². The zero-order valence-electron chi connectivity index (χ0n) is 12.6. The number of benzene rings is 1. The van der Waals surface area contributed by atoms with E-state index in [4.69, 9.17) is 27.9 Å². The summed E-state index contributed by atoms with van der Waals surface area (Å²) < 4.78 is 5.58. The first-order chi connectivity index (χ1) is 9.40. The molecule has 0 fully saturated rings. The minimum Gasteiger partial charge on any atom is -0.495 e. The SMILES string of the molecule is COc1cccc2c1N(CC(Cl)CCl)C(C)(C)CC2C. The smallest absolute Gasteiger partial charge is 0.142 e. The molecule has 0 amide bonds. The van der Waals surface area contributed by atoms with Crippen LogP contribution in [-0.4, -0.2) is 30.5 Å². The van der Waals surface area contributed by atoms with E-state index in [1.54, 1.807) is 7.11 Å². The third-order valence-electron chi connectivity index (χ3n) is 4.14. The summed E-state index contributed by atoms with van der Waals surface area (Å²) in [5, 5.41) is -0.0675. The summed E-state index contributed by atoms with van der Waals surface area (Å²) in [7, 11) is 1.72. The Morgan fingerprint density at radius 2 is 2.15 bits per heavy atom. The van der Waals surface area contributed by atoms with Crippen LogP contribution < -0.4 is 9.64 Å². The molecule has 0 bridgehead atoms. The summed E-state index contributed by atoms with van der Waals surface area (Å²) in [6.45, 7) is 7.53. The number of hydrogen-bond acceptors (Lipinski definition) is 2. The minimum atomic E-state index is -0.0675. The summed E-state index contributed by atoms with van der Waals surface area (Å²) in [6.07, 6.45) is 1.10. The van der Waals surface area contributed by atoms with Gasteiger partial charge in [-0.05, 0) is 37.8 Å². The highest BCUT2D eigenvalue weighted by atomic mass is 35.5. The van der Waals surface area contributed by atoms with Crippen LogP contribution in [-0.2, 0) is 0 Å². The molecule has 4 heteroatoms. The largest absolute Gasteiger partial charge is 0.495 e. The van der Waals surface area contributed by atoms with Crippen LogP contribution in [0.1, 0.15) is 38.7 Å². The van der Waals surface area contributed by atoms with E-state index in [-0.39, 0.29) is 10.9 Å². The van der Waals surface area contributed by atoms with E-state index in [9.17, 15) is 0 Å². The van der Waals surface area contributed by atoms with Gasteiger partial charge in [-0.3, -0.25) is 0 Å². The van der Waals surface area contributed by atoms with Gasteiger partial charge in [-0.1, -0.05) is 19.1 Å². The van der Waals surface area contributed by atoms with Crippen LogP contribution in [0.25, 0.3) is 0 Å². The van der Waals surface area contributed by atoms with Crippen molar-refractivity contribution in [3.63, 3.8) is 0 Å². The van der Waals surface area contributed by atoms with Crippen molar-refractivity contribution in [2.75, 3.05) is 24.4 Å². The molecule has 2 rings (SSSR count). The number of rotatable bonds is 4. The van der Waals surface area contributed by atoms with Gasteiger partial charge in [-0.2, -0.15) is 0 Å². The zero-order valence-corrected chi connectivity index (χ0v) is 14.1. The number of methoxy groups -OCH3 is 1. The average molecular weight is 316 g/mol. The van der Waals surface area contributed by atoms with Gasteiger partial charge in [0.1, 0.15) is 5.75 Å². The highest BCUT2D eigenvalue weighted by molar-refractivity contribution is 6.28. The van der Waals surface area contributed by atoms with Crippen molar-refractivity contribution in [1.82, 2.24) is 0 Å². The summed E-state index contributed by atoms with van der Waals surface area (Å²) in [4.78, 5) is 2.36. The molecule has 2 nitrogen and oxygen atoms in total. The number of anilines is 1. The maximum atomic E-state index is 6.31. The first kappa shape index (κ1) is 15.8. The Morgan fingerprint density at radius 3 is 2.75 bits per heavy atom. The van der Waals surface area contributed by atoms with Crippen LogP contribution in [0.15, 0.2) is 18.2 Å². The lowest BCUT2D eigenvalue weighted by Crippen LogP contribution is -2.51. The number of halogens is 2. The van der Waals surface area contributed by atoms with Crippen LogP contribution in [0.3, 0.4) is 0 Å². The molecule has 112 valence electrons. The number of hydrogen-bond donors (Lipinski definition) is 0. The first-order valence-electron chi connectivity index (χ1n) is 7.05. The Morgan fingerprint density at radius 1 is 1.45 bits per heavy atom. The molecule has 0 saturated heterocycles. The molecule has 1 heterocycles. The number of alkyl halides is 2. The fourth-order valence-corrected chi connectivity index (χ4v) is 3.48. The second-order valence-electron chi connectivity index (χ2n) is 6.18. The second-order valence-corrected chi connectivity index (χ2v) is 7.10. The van der Waals surface area contributed by atoms with Crippen LogP contribution >= 0.6 is 23.2 Å². The average Bonchev–Trinajstić information content (AvgIpc) is 2.41. The number of fused-ring (bicyclic) bond motifs is 1. The van der Waals surface area contributed by atoms with E-state index in [2.05, 4.69) is 37.8 Å². The van der Waals surface area contributed by atoms with E-state index < -0.39 is 0 Å². The van der Waals surface area contributed by atoms with Gasteiger partial charge in [-0.15, -0.1) is 23.2 Å². The summed E-state index contributed by atoms with van der Waals surface area (Å²) in [6, 6.07) is 6.27. The van der Waals surface area contributed by atoms with Gasteiger partial charge >= 0.3 is 0 Å². The fourth-order valence-electron chi connectivity index (χ4n) is 3.25. The van der Waals surface area contributed by atoms with Crippen molar-refractivity contribution in [3.05, 3.63) is 23.8 Å². The minimum absolute atomic E-state index is 0.0419. The van der Waals surface area contributed by atoms with Gasteiger partial charge in [0, 0.05) is 18.0 Å². The van der Waals surface area contributed by atoms with Gasteiger partial charge in [-0.25, -0.2) is 0 Å². The second kappa shape index (κ2) is 6.03. The molecule has 1 aromatic rings. The topological polar surface area (TPSA) is 12.5 Å². The lowest BCUT2D eigenvalue weighted by Gasteiger charge is -2.48. The molecule has 2 atom stereocenters. The van der Waals surface area contributed by atoms with Crippen molar-refractivity contribution in [3.8, 4) is 5.75 Å². The molecule has 0 spiro atoms. The van der Waals surface area contributed by atoms with Crippen LogP contribution in [0.2, 0.25) is 0 Å². The van der Waals surface area contributed by atoms with Crippen molar-refractivity contribution in [2.24, 2.45) is 0 Å². The van der Waals surface area contributed by atoms with E-state index in [1.807, 2.05) is 6.07 Å². The lowest BCUT2D eigenvalue weighted by molar-refractivity contribution is 0.360. The molecule has 1 aromatic carbocycles. The predicted molar refractivity (Wildman–Crippen MR) is 87.8 cm³/mol. The van der Waals surface area contributed by atoms with Gasteiger partial charge < -0.3 is 9.64 Å². The molecule has 1 aliphatic rings. The van der Waals surface area contributed by atoms with Crippen LogP contribution in [0.5, 0.6) is 5.75 Å². The fraction of sp³-hybridized carbons (Fsp3) is 0.625. The Hall–Kier alpha value is -0.600. The van der Waals surface area contributed by atoms with Crippen molar-refractivity contribution in [2.45, 2.75) is 44.0 Å². The Kier molecular flexibility index (Phi) is 4.76. The molecule has 0 radical (unpaired) electrons. The highest BCUT2D eigenvalue weighted by Crippen LogP contribution is 2.47. The van der Waals surface area contributed by atoms with E-state index in [1.165, 1.54) is 11.3 Å². The molecular weight excluding hydrogens is 293 g/mol. The van der Waals surface area contributed by atoms with Crippen molar-refractivity contribution < 1.29 is 4.74 Å². The van der Waals surface area contributed by atoms with Gasteiger partial charge in [0.2, 0.25) is 0 Å². The first-order valence-corrected chi connectivity index (χ1v) is 8.02. The molecular formula is C16H23Cl2NO. The van der Waals surface area contributed by atoms with Crippen molar-refractivity contribution in [1.29, 1.82) is 0 Å². The van der Waals surface area contributed by atoms with Crippen molar-refractivity contribution >= 4 is 28.9 Å². The summed E-state index contributed by atoms with van der Waals surface area (Å²) >= 11 is 12.2. The van der Waals surface area contributed by atoms with Gasteiger partial charge in [0.25, 0.3) is 0 Å². The molecule has 2 unspecified atom stereocenters. The Bertz CT molecular complexity index is 476. The number of ether oxygens (including phenoxy) is 1. The summed E-state index contributed by atoms with van der Waals surface area (Å²) in [5.41, 5.74) is 2.55. The highest BCUT2D eigenvalue weighted by Gasteiger charge is 2.38.